The third-order valence-electron chi connectivity index (χ3n) is 4.93. The van der Waals surface area contributed by atoms with Gasteiger partial charge in [0.15, 0.2) is 6.73 Å². The van der Waals surface area contributed by atoms with Crippen LogP contribution in [0.1, 0.15) is 5.56 Å². The molecule has 0 spiro atoms. The van der Waals surface area contributed by atoms with E-state index in [0.29, 0.717) is 29.8 Å². The first-order valence-electron chi connectivity index (χ1n) is 8.87. The number of ether oxygens (including phenoxy) is 1. The second-order valence-corrected chi connectivity index (χ2v) is 6.57. The molecule has 0 aliphatic carbocycles. The van der Waals surface area contributed by atoms with Crippen LogP contribution in [-0.2, 0) is 6.54 Å². The second-order valence-electron chi connectivity index (χ2n) is 6.57. The third-order valence-corrected chi connectivity index (χ3v) is 4.93. The molecule has 0 atom stereocenters. The predicted molar refractivity (Wildman–Crippen MR) is 106 cm³/mol. The van der Waals surface area contributed by atoms with Crippen molar-refractivity contribution in [3.05, 3.63) is 94.8 Å². The zero-order valence-corrected chi connectivity index (χ0v) is 14.6. The van der Waals surface area contributed by atoms with Crippen molar-refractivity contribution in [2.45, 2.75) is 6.54 Å². The smallest absolute Gasteiger partial charge is 0.200 e. The van der Waals surface area contributed by atoms with Gasteiger partial charge >= 0.3 is 0 Å². The first kappa shape index (κ1) is 15.7. The number of rotatable bonds is 2. The Morgan fingerprint density at radius 1 is 0.852 bits per heavy atom. The van der Waals surface area contributed by atoms with Crippen molar-refractivity contribution in [3.8, 4) is 16.9 Å². The van der Waals surface area contributed by atoms with Gasteiger partial charge in [0, 0.05) is 5.69 Å². The minimum atomic E-state index is -0.0258. The van der Waals surface area contributed by atoms with Gasteiger partial charge in [-0.15, -0.1) is 0 Å². The highest BCUT2D eigenvalue weighted by Crippen LogP contribution is 2.34. The van der Waals surface area contributed by atoms with E-state index in [4.69, 9.17) is 9.15 Å². The van der Waals surface area contributed by atoms with Crippen molar-refractivity contribution in [1.29, 1.82) is 0 Å². The fourth-order valence-electron chi connectivity index (χ4n) is 3.53. The average Bonchev–Trinajstić information content (AvgIpc) is 2.75. The summed E-state index contributed by atoms with van der Waals surface area (Å²) in [6.45, 7) is 1.10. The quantitative estimate of drug-likeness (QED) is 0.517. The molecule has 0 saturated heterocycles. The minimum absolute atomic E-state index is 0.0258. The Morgan fingerprint density at radius 2 is 1.59 bits per heavy atom. The van der Waals surface area contributed by atoms with Crippen LogP contribution < -0.4 is 15.1 Å². The first-order valence-corrected chi connectivity index (χ1v) is 8.87. The monoisotopic (exact) mass is 355 g/mol. The number of fused-ring (bicyclic) bond motifs is 3. The van der Waals surface area contributed by atoms with E-state index >= 15 is 0 Å². The van der Waals surface area contributed by atoms with Crippen LogP contribution in [0, 0.1) is 0 Å². The van der Waals surface area contributed by atoms with Crippen LogP contribution in [0.15, 0.2) is 88.3 Å². The Morgan fingerprint density at radius 3 is 2.37 bits per heavy atom. The van der Waals surface area contributed by atoms with Gasteiger partial charge in [0.25, 0.3) is 0 Å². The summed E-state index contributed by atoms with van der Waals surface area (Å²) in [5.74, 6) is 0.769. The molecule has 1 aliphatic heterocycles. The Bertz CT molecular complexity index is 1170. The van der Waals surface area contributed by atoms with Gasteiger partial charge in [-0.3, -0.25) is 4.79 Å². The van der Waals surface area contributed by atoms with Crippen LogP contribution in [0.25, 0.3) is 22.1 Å². The molecule has 0 fully saturated rings. The summed E-state index contributed by atoms with van der Waals surface area (Å²) in [6.07, 6.45) is 1.56. The van der Waals surface area contributed by atoms with E-state index in [0.717, 1.165) is 22.6 Å². The number of nitrogens with zero attached hydrogens (tertiary/aromatic N) is 1. The fourth-order valence-corrected chi connectivity index (χ4v) is 3.53. The molecule has 4 heteroatoms. The third kappa shape index (κ3) is 2.66. The van der Waals surface area contributed by atoms with Crippen LogP contribution in [0.2, 0.25) is 0 Å². The second kappa shape index (κ2) is 6.32. The van der Waals surface area contributed by atoms with Crippen molar-refractivity contribution in [1.82, 2.24) is 0 Å². The lowest BCUT2D eigenvalue weighted by Crippen LogP contribution is -2.32. The molecule has 0 radical (unpaired) electrons. The molecular formula is C23H17NO3. The summed E-state index contributed by atoms with van der Waals surface area (Å²) < 4.78 is 11.9. The fraction of sp³-hybridized carbons (Fsp3) is 0.0870. The van der Waals surface area contributed by atoms with Gasteiger partial charge in [-0.05, 0) is 29.8 Å². The molecule has 0 saturated carbocycles. The molecule has 132 valence electrons. The van der Waals surface area contributed by atoms with Gasteiger partial charge in [0.1, 0.15) is 17.6 Å². The van der Waals surface area contributed by atoms with E-state index in [1.54, 1.807) is 12.3 Å². The number of para-hydroxylation sites is 1. The summed E-state index contributed by atoms with van der Waals surface area (Å²) in [7, 11) is 0. The van der Waals surface area contributed by atoms with E-state index < -0.39 is 0 Å². The molecule has 2 heterocycles. The highest BCUT2D eigenvalue weighted by Gasteiger charge is 2.22. The normalized spacial score (nSPS) is 13.3. The van der Waals surface area contributed by atoms with Crippen LogP contribution in [0.5, 0.6) is 5.75 Å². The number of hydrogen-bond acceptors (Lipinski definition) is 4. The van der Waals surface area contributed by atoms with Crippen molar-refractivity contribution >= 4 is 16.7 Å². The van der Waals surface area contributed by atoms with E-state index in [1.807, 2.05) is 66.7 Å². The van der Waals surface area contributed by atoms with Crippen molar-refractivity contribution < 1.29 is 9.15 Å². The van der Waals surface area contributed by atoms with Crippen molar-refractivity contribution in [2.75, 3.05) is 11.6 Å². The van der Waals surface area contributed by atoms with Crippen LogP contribution >= 0.6 is 0 Å². The van der Waals surface area contributed by atoms with Crippen LogP contribution in [-0.4, -0.2) is 6.73 Å². The summed E-state index contributed by atoms with van der Waals surface area (Å²) >= 11 is 0. The lowest BCUT2D eigenvalue weighted by atomic mass is 10.0. The van der Waals surface area contributed by atoms with E-state index in [-0.39, 0.29) is 5.43 Å². The summed E-state index contributed by atoms with van der Waals surface area (Å²) in [4.78, 5) is 15.2. The maximum absolute atomic E-state index is 13.1. The topological polar surface area (TPSA) is 42.7 Å². The van der Waals surface area contributed by atoms with E-state index in [2.05, 4.69) is 4.90 Å². The summed E-state index contributed by atoms with van der Waals surface area (Å²) in [5, 5.41) is 0.577. The average molecular weight is 355 g/mol. The minimum Gasteiger partial charge on any atom is -0.473 e. The zero-order chi connectivity index (χ0) is 18.2. The first-order chi connectivity index (χ1) is 13.3. The standard InChI is InChI=1S/C23H17NO3/c25-22-18-11-12-21-19(13-24(15-27-21)17-9-5-2-6-10-17)23(18)26-14-20(22)16-7-3-1-4-8-16/h1-12,14H,13,15H2. The van der Waals surface area contributed by atoms with Crippen molar-refractivity contribution in [3.63, 3.8) is 0 Å². The lowest BCUT2D eigenvalue weighted by molar-refractivity contribution is 0.289. The maximum atomic E-state index is 13.1. The maximum Gasteiger partial charge on any atom is 0.200 e. The van der Waals surface area contributed by atoms with E-state index in [9.17, 15) is 4.79 Å². The van der Waals surface area contributed by atoms with Gasteiger partial charge in [-0.1, -0.05) is 48.5 Å². The van der Waals surface area contributed by atoms with E-state index in [1.165, 1.54) is 0 Å². The van der Waals surface area contributed by atoms with Gasteiger partial charge in [-0.2, -0.15) is 0 Å². The number of anilines is 1. The van der Waals surface area contributed by atoms with Gasteiger partial charge in [0.05, 0.1) is 23.1 Å². The Kier molecular flexibility index (Phi) is 3.68. The molecule has 0 amide bonds. The molecule has 1 aromatic heterocycles. The molecular weight excluding hydrogens is 338 g/mol. The van der Waals surface area contributed by atoms with Gasteiger partial charge < -0.3 is 14.1 Å². The Labute approximate surface area is 156 Å². The highest BCUT2D eigenvalue weighted by atomic mass is 16.5. The van der Waals surface area contributed by atoms with Gasteiger partial charge in [0.2, 0.25) is 5.43 Å². The van der Waals surface area contributed by atoms with Crippen LogP contribution in [0.3, 0.4) is 0 Å². The lowest BCUT2D eigenvalue weighted by Gasteiger charge is -2.31. The molecule has 3 aromatic carbocycles. The predicted octanol–water partition coefficient (Wildman–Crippen LogP) is 4.82. The summed E-state index contributed by atoms with van der Waals surface area (Å²) in [6, 6.07) is 23.3. The SMILES string of the molecule is O=c1c(-c2ccccc2)coc2c3c(ccc12)OCN(c1ccccc1)C3. The molecule has 1 aliphatic rings. The molecule has 4 aromatic rings. The molecule has 27 heavy (non-hydrogen) atoms. The molecule has 0 unspecified atom stereocenters. The van der Waals surface area contributed by atoms with Crippen molar-refractivity contribution in [2.24, 2.45) is 0 Å². The zero-order valence-electron chi connectivity index (χ0n) is 14.6. The summed E-state index contributed by atoms with van der Waals surface area (Å²) in [5.41, 5.74) is 3.97. The van der Waals surface area contributed by atoms with Crippen LogP contribution in [0.4, 0.5) is 5.69 Å². The Hall–Kier alpha value is -3.53. The molecule has 0 N–H and O–H groups in total. The number of benzene rings is 3. The van der Waals surface area contributed by atoms with Gasteiger partial charge in [-0.25, -0.2) is 0 Å². The largest absolute Gasteiger partial charge is 0.473 e. The molecule has 4 nitrogen and oxygen atoms in total. The molecule has 0 bridgehead atoms. The molecule has 5 rings (SSSR count). The number of hydrogen-bond donors (Lipinski definition) is 0. The highest BCUT2D eigenvalue weighted by molar-refractivity contribution is 5.86. The Balaban J connectivity index is 1.63.